The Morgan fingerprint density at radius 1 is 1.25 bits per heavy atom. The highest BCUT2D eigenvalue weighted by Gasteiger charge is 2.27. The van der Waals surface area contributed by atoms with Crippen LogP contribution in [0.3, 0.4) is 0 Å². The van der Waals surface area contributed by atoms with Crippen molar-refractivity contribution in [2.24, 2.45) is 5.92 Å². The Hall–Kier alpha value is -1.88. The van der Waals surface area contributed by atoms with Crippen LogP contribution in [-0.2, 0) is 9.59 Å². The first kappa shape index (κ1) is 18.5. The standard InChI is InChI=1S/C19H29N3O2/c1-14-5-7-17(8-6-14)20-18(23)13-21(4)19(24)16(3)22-11-9-15(2)10-12-22/h5-8,15-16H,9-13H2,1-4H3,(H,20,23)/t16-/m1/s1. The molecule has 0 saturated carbocycles. The maximum atomic E-state index is 12.6. The number of hydrogen-bond donors (Lipinski definition) is 1. The first-order chi connectivity index (χ1) is 11.4. The van der Waals surface area contributed by atoms with Crippen molar-refractivity contribution in [3.8, 4) is 0 Å². The van der Waals surface area contributed by atoms with E-state index >= 15 is 0 Å². The molecule has 1 aliphatic rings. The summed E-state index contributed by atoms with van der Waals surface area (Å²) in [5.41, 5.74) is 1.90. The van der Waals surface area contributed by atoms with Gasteiger partial charge in [-0.2, -0.15) is 0 Å². The van der Waals surface area contributed by atoms with Crippen molar-refractivity contribution in [1.82, 2.24) is 9.80 Å². The lowest BCUT2D eigenvalue weighted by Gasteiger charge is -2.35. The van der Waals surface area contributed by atoms with Gasteiger partial charge in [0.2, 0.25) is 11.8 Å². The number of anilines is 1. The van der Waals surface area contributed by atoms with Gasteiger partial charge < -0.3 is 10.2 Å². The number of hydrogen-bond acceptors (Lipinski definition) is 3. The zero-order chi connectivity index (χ0) is 17.7. The number of likely N-dealkylation sites (N-methyl/N-ethyl adjacent to an activating group) is 1. The number of carbonyl (C=O) groups is 2. The fourth-order valence-corrected chi connectivity index (χ4v) is 3.02. The smallest absolute Gasteiger partial charge is 0.243 e. The maximum absolute atomic E-state index is 12.6. The molecule has 1 aromatic carbocycles. The molecule has 1 N–H and O–H groups in total. The highest BCUT2D eigenvalue weighted by Crippen LogP contribution is 2.18. The largest absolute Gasteiger partial charge is 0.335 e. The summed E-state index contributed by atoms with van der Waals surface area (Å²) in [6, 6.07) is 7.46. The summed E-state index contributed by atoms with van der Waals surface area (Å²) in [7, 11) is 1.69. The van der Waals surface area contributed by atoms with Gasteiger partial charge in [-0.15, -0.1) is 0 Å². The van der Waals surface area contributed by atoms with E-state index < -0.39 is 0 Å². The average Bonchev–Trinajstić information content (AvgIpc) is 2.56. The summed E-state index contributed by atoms with van der Waals surface area (Å²) in [6.45, 7) is 8.18. The Morgan fingerprint density at radius 3 is 2.42 bits per heavy atom. The van der Waals surface area contributed by atoms with Gasteiger partial charge in [-0.1, -0.05) is 24.6 Å². The second-order valence-corrected chi connectivity index (χ2v) is 7.00. The van der Waals surface area contributed by atoms with Crippen LogP contribution >= 0.6 is 0 Å². The molecule has 1 fully saturated rings. The van der Waals surface area contributed by atoms with E-state index in [9.17, 15) is 9.59 Å². The summed E-state index contributed by atoms with van der Waals surface area (Å²) in [5, 5.41) is 2.83. The molecule has 132 valence electrons. The normalized spacial score (nSPS) is 17.3. The summed E-state index contributed by atoms with van der Waals surface area (Å²) in [4.78, 5) is 28.4. The van der Waals surface area contributed by atoms with E-state index in [0.29, 0.717) is 0 Å². The molecule has 2 rings (SSSR count). The molecule has 1 atom stereocenters. The van der Waals surface area contributed by atoms with Crippen molar-refractivity contribution < 1.29 is 9.59 Å². The first-order valence-corrected chi connectivity index (χ1v) is 8.72. The Morgan fingerprint density at radius 2 is 1.83 bits per heavy atom. The molecule has 1 aromatic rings. The lowest BCUT2D eigenvalue weighted by Crippen LogP contribution is -2.49. The molecule has 0 radical (unpaired) electrons. The van der Waals surface area contributed by atoms with Crippen LogP contribution < -0.4 is 5.32 Å². The molecule has 1 heterocycles. The lowest BCUT2D eigenvalue weighted by molar-refractivity contribution is -0.138. The molecule has 5 nitrogen and oxygen atoms in total. The highest BCUT2D eigenvalue weighted by molar-refractivity contribution is 5.95. The predicted molar refractivity (Wildman–Crippen MR) is 96.9 cm³/mol. The number of aryl methyl sites for hydroxylation is 1. The van der Waals surface area contributed by atoms with Crippen LogP contribution in [0, 0.1) is 12.8 Å². The SMILES string of the molecule is Cc1ccc(NC(=O)CN(C)C(=O)[C@@H](C)N2CCC(C)CC2)cc1. The number of benzene rings is 1. The van der Waals surface area contributed by atoms with Crippen LogP contribution in [-0.4, -0.2) is 54.3 Å². The van der Waals surface area contributed by atoms with Crippen molar-refractivity contribution in [3.63, 3.8) is 0 Å². The number of carbonyl (C=O) groups excluding carboxylic acids is 2. The first-order valence-electron chi connectivity index (χ1n) is 8.72. The van der Waals surface area contributed by atoms with Crippen LogP contribution in [0.4, 0.5) is 5.69 Å². The van der Waals surface area contributed by atoms with Crippen LogP contribution in [0.15, 0.2) is 24.3 Å². The highest BCUT2D eigenvalue weighted by atomic mass is 16.2. The van der Waals surface area contributed by atoms with Gasteiger partial charge in [0.25, 0.3) is 0 Å². The maximum Gasteiger partial charge on any atom is 0.243 e. The minimum atomic E-state index is -0.172. The number of nitrogens with zero attached hydrogens (tertiary/aromatic N) is 2. The number of nitrogens with one attached hydrogen (secondary N) is 1. The van der Waals surface area contributed by atoms with Gasteiger partial charge in [-0.25, -0.2) is 0 Å². The van der Waals surface area contributed by atoms with Crippen molar-refractivity contribution in [1.29, 1.82) is 0 Å². The average molecular weight is 331 g/mol. The summed E-state index contributed by atoms with van der Waals surface area (Å²) in [6.07, 6.45) is 2.27. The third-order valence-corrected chi connectivity index (χ3v) is 4.82. The molecule has 2 amide bonds. The second kappa shape index (κ2) is 8.29. The Bertz CT molecular complexity index is 562. The molecule has 24 heavy (non-hydrogen) atoms. The molecule has 0 aliphatic carbocycles. The molecule has 0 unspecified atom stereocenters. The summed E-state index contributed by atoms with van der Waals surface area (Å²) >= 11 is 0. The summed E-state index contributed by atoms with van der Waals surface area (Å²) in [5.74, 6) is 0.569. The minimum absolute atomic E-state index is 0.00334. The van der Waals surface area contributed by atoms with Gasteiger partial charge in [0, 0.05) is 12.7 Å². The molecular weight excluding hydrogens is 302 g/mol. The zero-order valence-corrected chi connectivity index (χ0v) is 15.2. The Kier molecular flexibility index (Phi) is 6.37. The summed E-state index contributed by atoms with van der Waals surface area (Å²) < 4.78 is 0. The van der Waals surface area contributed by atoms with Crippen LogP contribution in [0.5, 0.6) is 0 Å². The molecule has 1 saturated heterocycles. The molecular formula is C19H29N3O2. The van der Waals surface area contributed by atoms with E-state index in [0.717, 1.165) is 43.1 Å². The molecule has 0 bridgehead atoms. The van der Waals surface area contributed by atoms with Gasteiger partial charge in [-0.3, -0.25) is 14.5 Å². The van der Waals surface area contributed by atoms with Gasteiger partial charge in [0.1, 0.15) is 0 Å². The van der Waals surface area contributed by atoms with Gasteiger partial charge in [0.15, 0.2) is 0 Å². The zero-order valence-electron chi connectivity index (χ0n) is 15.2. The number of piperidine rings is 1. The molecule has 0 aromatic heterocycles. The van der Waals surface area contributed by atoms with Crippen molar-refractivity contribution in [3.05, 3.63) is 29.8 Å². The minimum Gasteiger partial charge on any atom is -0.335 e. The Balaban J connectivity index is 1.83. The number of rotatable bonds is 5. The monoisotopic (exact) mass is 331 g/mol. The molecule has 0 spiro atoms. The third-order valence-electron chi connectivity index (χ3n) is 4.82. The molecule has 5 heteroatoms. The van der Waals surface area contributed by atoms with E-state index in [1.54, 1.807) is 7.05 Å². The number of amides is 2. The van der Waals surface area contributed by atoms with Crippen molar-refractivity contribution >= 4 is 17.5 Å². The Labute approximate surface area is 145 Å². The van der Waals surface area contributed by atoms with E-state index in [2.05, 4.69) is 17.1 Å². The molecule has 1 aliphatic heterocycles. The van der Waals surface area contributed by atoms with Gasteiger partial charge >= 0.3 is 0 Å². The van der Waals surface area contributed by atoms with Crippen LogP contribution in [0.2, 0.25) is 0 Å². The van der Waals surface area contributed by atoms with Crippen LogP contribution in [0.25, 0.3) is 0 Å². The quantitative estimate of drug-likeness (QED) is 0.902. The van der Waals surface area contributed by atoms with E-state index in [4.69, 9.17) is 0 Å². The fourth-order valence-electron chi connectivity index (χ4n) is 3.02. The van der Waals surface area contributed by atoms with Crippen LogP contribution in [0.1, 0.15) is 32.3 Å². The lowest BCUT2D eigenvalue weighted by atomic mass is 9.98. The van der Waals surface area contributed by atoms with Crippen molar-refractivity contribution in [2.45, 2.75) is 39.7 Å². The second-order valence-electron chi connectivity index (χ2n) is 7.00. The van der Waals surface area contributed by atoms with E-state index in [1.165, 1.54) is 4.90 Å². The third kappa shape index (κ3) is 5.06. The predicted octanol–water partition coefficient (Wildman–Crippen LogP) is 2.51. The fraction of sp³-hybridized carbons (Fsp3) is 0.579. The van der Waals surface area contributed by atoms with E-state index in [1.807, 2.05) is 38.1 Å². The van der Waals surface area contributed by atoms with Gasteiger partial charge in [0.05, 0.1) is 12.6 Å². The van der Waals surface area contributed by atoms with E-state index in [-0.39, 0.29) is 24.4 Å². The van der Waals surface area contributed by atoms with Crippen molar-refractivity contribution in [2.75, 3.05) is 32.0 Å². The van der Waals surface area contributed by atoms with Gasteiger partial charge in [-0.05, 0) is 57.8 Å². The topological polar surface area (TPSA) is 52.7 Å². The number of likely N-dealkylation sites (tertiary alicyclic amines) is 1.